The zero-order valence-corrected chi connectivity index (χ0v) is 15.9. The number of esters is 1. The molecule has 2 rings (SSSR count). The number of fused-ring (bicyclic) bond motifs is 1. The van der Waals surface area contributed by atoms with Gasteiger partial charge in [0, 0.05) is 0 Å². The molecule has 0 spiro atoms. The second-order valence-electron chi connectivity index (χ2n) is 6.90. The molecule has 1 heterocycles. The van der Waals surface area contributed by atoms with Crippen molar-refractivity contribution in [3.05, 3.63) is 24.3 Å². The molecule has 7 heteroatoms. The number of carbonyl (C=O) groups is 3. The highest BCUT2D eigenvalue weighted by Gasteiger charge is 2.40. The van der Waals surface area contributed by atoms with Crippen LogP contribution in [-0.2, 0) is 14.3 Å². The number of carbonyl (C=O) groups excluding carboxylic acids is 3. The van der Waals surface area contributed by atoms with Gasteiger partial charge in [-0.25, -0.2) is 9.59 Å². The lowest BCUT2D eigenvalue weighted by atomic mass is 9.97. The van der Waals surface area contributed by atoms with Gasteiger partial charge in [0.05, 0.1) is 18.5 Å². The standard InChI is InChI=1S/C19H27N3O4/c1-6-12(4)15(18(24)26-5)21-19(25)22-14-10-8-7-9-13(14)20-17(23)16(22)11(2)3/h7-12,15-16H,6H2,1-5H3,(H,20,23)(H,21,25)/t12?,15-,16+/m0/s1. The third kappa shape index (κ3) is 3.81. The van der Waals surface area contributed by atoms with E-state index >= 15 is 0 Å². The van der Waals surface area contributed by atoms with E-state index < -0.39 is 24.1 Å². The number of urea groups is 1. The highest BCUT2D eigenvalue weighted by Crippen LogP contribution is 2.34. The van der Waals surface area contributed by atoms with Crippen molar-refractivity contribution in [2.45, 2.75) is 46.2 Å². The summed E-state index contributed by atoms with van der Waals surface area (Å²) < 4.78 is 4.84. The molecule has 0 aromatic heterocycles. The first-order valence-electron chi connectivity index (χ1n) is 8.89. The van der Waals surface area contributed by atoms with Crippen LogP contribution in [0.2, 0.25) is 0 Å². The minimum Gasteiger partial charge on any atom is -0.467 e. The molecule has 26 heavy (non-hydrogen) atoms. The van der Waals surface area contributed by atoms with Gasteiger partial charge >= 0.3 is 12.0 Å². The van der Waals surface area contributed by atoms with Crippen LogP contribution in [0.5, 0.6) is 0 Å². The van der Waals surface area contributed by atoms with E-state index in [1.165, 1.54) is 12.0 Å². The summed E-state index contributed by atoms with van der Waals surface area (Å²) in [5, 5.41) is 5.61. The summed E-state index contributed by atoms with van der Waals surface area (Å²) in [6.07, 6.45) is 0.699. The predicted molar refractivity (Wildman–Crippen MR) is 100.0 cm³/mol. The van der Waals surface area contributed by atoms with E-state index in [1.807, 2.05) is 27.7 Å². The molecule has 7 nitrogen and oxygen atoms in total. The quantitative estimate of drug-likeness (QED) is 0.790. The van der Waals surface area contributed by atoms with E-state index in [-0.39, 0.29) is 17.7 Å². The maximum absolute atomic E-state index is 13.1. The van der Waals surface area contributed by atoms with Crippen molar-refractivity contribution in [3.63, 3.8) is 0 Å². The number of nitrogens with one attached hydrogen (secondary N) is 2. The number of anilines is 2. The molecule has 3 amide bonds. The van der Waals surface area contributed by atoms with Gasteiger partial charge in [-0.05, 0) is 24.0 Å². The van der Waals surface area contributed by atoms with Gasteiger partial charge < -0.3 is 15.4 Å². The number of nitrogens with zero attached hydrogens (tertiary/aromatic N) is 1. The fraction of sp³-hybridized carbons (Fsp3) is 0.526. The van der Waals surface area contributed by atoms with Gasteiger partial charge in [-0.3, -0.25) is 9.69 Å². The molecule has 2 N–H and O–H groups in total. The van der Waals surface area contributed by atoms with Crippen molar-refractivity contribution in [1.29, 1.82) is 0 Å². The van der Waals surface area contributed by atoms with Gasteiger partial charge in [0.1, 0.15) is 12.1 Å². The van der Waals surface area contributed by atoms with Crippen LogP contribution < -0.4 is 15.5 Å². The van der Waals surface area contributed by atoms with E-state index in [0.717, 1.165) is 0 Å². The van der Waals surface area contributed by atoms with Gasteiger partial charge in [0.25, 0.3) is 0 Å². The molecule has 0 saturated carbocycles. The monoisotopic (exact) mass is 361 g/mol. The third-order valence-electron chi connectivity index (χ3n) is 4.77. The van der Waals surface area contributed by atoms with Crippen LogP contribution in [0.1, 0.15) is 34.1 Å². The minimum atomic E-state index is -0.775. The molecule has 1 aromatic rings. The normalized spacial score (nSPS) is 18.6. The summed E-state index contributed by atoms with van der Waals surface area (Å²) in [5.74, 6) is -0.942. The number of benzene rings is 1. The Balaban J connectivity index is 2.39. The SMILES string of the molecule is CCC(C)[C@H](NC(=O)N1c2ccccc2NC(=O)[C@H]1C(C)C)C(=O)OC. The Morgan fingerprint density at radius 2 is 1.92 bits per heavy atom. The number of ether oxygens (including phenoxy) is 1. The minimum absolute atomic E-state index is 0.0993. The van der Waals surface area contributed by atoms with Crippen LogP contribution in [0.15, 0.2) is 24.3 Å². The van der Waals surface area contributed by atoms with Crippen LogP contribution in [0.3, 0.4) is 0 Å². The Morgan fingerprint density at radius 3 is 2.50 bits per heavy atom. The molecule has 142 valence electrons. The Morgan fingerprint density at radius 1 is 1.27 bits per heavy atom. The number of amides is 3. The molecule has 0 saturated heterocycles. The molecule has 0 fully saturated rings. The first kappa shape index (κ1) is 19.8. The summed E-state index contributed by atoms with van der Waals surface area (Å²) in [4.78, 5) is 39.2. The average Bonchev–Trinajstić information content (AvgIpc) is 2.63. The van der Waals surface area contributed by atoms with Crippen LogP contribution in [0.4, 0.5) is 16.2 Å². The van der Waals surface area contributed by atoms with Crippen molar-refractivity contribution in [2.24, 2.45) is 11.8 Å². The highest BCUT2D eigenvalue weighted by molar-refractivity contribution is 6.12. The third-order valence-corrected chi connectivity index (χ3v) is 4.77. The molecule has 0 aliphatic carbocycles. The van der Waals surface area contributed by atoms with E-state index in [2.05, 4.69) is 10.6 Å². The lowest BCUT2D eigenvalue weighted by Gasteiger charge is -2.39. The van der Waals surface area contributed by atoms with Gasteiger partial charge in [-0.15, -0.1) is 0 Å². The topological polar surface area (TPSA) is 87.7 Å². The van der Waals surface area contributed by atoms with Crippen LogP contribution >= 0.6 is 0 Å². The van der Waals surface area contributed by atoms with E-state index in [9.17, 15) is 14.4 Å². The summed E-state index contributed by atoms with van der Waals surface area (Å²) >= 11 is 0. The molecule has 1 aliphatic heterocycles. The van der Waals surface area contributed by atoms with Crippen molar-refractivity contribution in [3.8, 4) is 0 Å². The number of para-hydroxylation sites is 2. The maximum Gasteiger partial charge on any atom is 0.328 e. The van der Waals surface area contributed by atoms with Crippen LogP contribution in [-0.4, -0.2) is 37.1 Å². The van der Waals surface area contributed by atoms with Crippen LogP contribution in [0, 0.1) is 11.8 Å². The molecular weight excluding hydrogens is 334 g/mol. The van der Waals surface area contributed by atoms with Crippen molar-refractivity contribution in [1.82, 2.24) is 5.32 Å². The first-order valence-corrected chi connectivity index (χ1v) is 8.89. The molecular formula is C19H27N3O4. The van der Waals surface area contributed by atoms with Crippen molar-refractivity contribution in [2.75, 3.05) is 17.3 Å². The molecule has 3 atom stereocenters. The van der Waals surface area contributed by atoms with Crippen LogP contribution in [0.25, 0.3) is 0 Å². The number of methoxy groups -OCH3 is 1. The van der Waals surface area contributed by atoms with E-state index in [4.69, 9.17) is 4.74 Å². The first-order chi connectivity index (χ1) is 12.3. The number of rotatable bonds is 5. The molecule has 0 bridgehead atoms. The fourth-order valence-electron chi connectivity index (χ4n) is 3.10. The molecule has 1 aliphatic rings. The summed E-state index contributed by atoms with van der Waals surface area (Å²) in [7, 11) is 1.30. The van der Waals surface area contributed by atoms with E-state index in [1.54, 1.807) is 24.3 Å². The smallest absolute Gasteiger partial charge is 0.328 e. The maximum atomic E-state index is 13.1. The summed E-state index contributed by atoms with van der Waals surface area (Å²) in [5.41, 5.74) is 1.18. The molecule has 1 unspecified atom stereocenters. The lowest BCUT2D eigenvalue weighted by molar-refractivity contribution is -0.144. The molecule has 1 aromatic carbocycles. The molecule has 0 radical (unpaired) electrons. The Bertz CT molecular complexity index is 689. The van der Waals surface area contributed by atoms with Crippen molar-refractivity contribution >= 4 is 29.3 Å². The number of hydrogen-bond donors (Lipinski definition) is 2. The summed E-state index contributed by atoms with van der Waals surface area (Å²) in [6.45, 7) is 7.57. The highest BCUT2D eigenvalue weighted by atomic mass is 16.5. The fourth-order valence-corrected chi connectivity index (χ4v) is 3.10. The second-order valence-corrected chi connectivity index (χ2v) is 6.90. The van der Waals surface area contributed by atoms with Gasteiger partial charge in [-0.1, -0.05) is 46.2 Å². The van der Waals surface area contributed by atoms with Crippen molar-refractivity contribution < 1.29 is 19.1 Å². The Labute approximate surface area is 154 Å². The predicted octanol–water partition coefficient (Wildman–Crippen LogP) is 2.77. The van der Waals surface area contributed by atoms with E-state index in [0.29, 0.717) is 17.8 Å². The van der Waals surface area contributed by atoms with Gasteiger partial charge in [-0.2, -0.15) is 0 Å². The largest absolute Gasteiger partial charge is 0.467 e. The van der Waals surface area contributed by atoms with Gasteiger partial charge in [0.2, 0.25) is 5.91 Å². The second kappa shape index (κ2) is 8.21. The zero-order valence-electron chi connectivity index (χ0n) is 15.9. The number of hydrogen-bond acceptors (Lipinski definition) is 4. The average molecular weight is 361 g/mol. The zero-order chi connectivity index (χ0) is 19.4. The Kier molecular flexibility index (Phi) is 6.23. The Hall–Kier alpha value is -2.57. The lowest BCUT2D eigenvalue weighted by Crippen LogP contribution is -2.59. The van der Waals surface area contributed by atoms with Gasteiger partial charge in [0.15, 0.2) is 0 Å². The summed E-state index contributed by atoms with van der Waals surface area (Å²) in [6, 6.07) is 5.20.